The van der Waals surface area contributed by atoms with Gasteiger partial charge in [0, 0.05) is 35.0 Å². The molecule has 0 spiro atoms. The van der Waals surface area contributed by atoms with Crippen LogP contribution < -0.4 is 21.6 Å². The van der Waals surface area contributed by atoms with Crippen LogP contribution in [-0.4, -0.2) is 29.9 Å². The van der Waals surface area contributed by atoms with Crippen LogP contribution in [0.3, 0.4) is 0 Å². The highest BCUT2D eigenvalue weighted by Gasteiger charge is 2.51. The van der Waals surface area contributed by atoms with E-state index in [1.807, 2.05) is 24.3 Å². The van der Waals surface area contributed by atoms with Gasteiger partial charge in [-0.1, -0.05) is 62.2 Å². The number of nitrogens with zero attached hydrogens (tertiary/aromatic N) is 4. The van der Waals surface area contributed by atoms with E-state index in [0.29, 0.717) is 55.7 Å². The zero-order valence-electron chi connectivity index (χ0n) is 21.9. The van der Waals surface area contributed by atoms with Crippen LogP contribution in [0.1, 0.15) is 44.7 Å². The Hall–Kier alpha value is -3.63. The first-order chi connectivity index (χ1) is 18.5. The van der Waals surface area contributed by atoms with Crippen LogP contribution in [0.4, 0.5) is 11.4 Å². The molecule has 2 aromatic carbocycles. The zero-order valence-corrected chi connectivity index (χ0v) is 23.4. The molecule has 0 amide bonds. The summed E-state index contributed by atoms with van der Waals surface area (Å²) in [7, 11) is 7.13. The van der Waals surface area contributed by atoms with Gasteiger partial charge in [-0.2, -0.15) is 10.5 Å². The maximum Gasteiger partial charge on any atom is 0.143 e. The minimum atomic E-state index is -1.35. The van der Waals surface area contributed by atoms with Crippen LogP contribution in [0.5, 0.6) is 0 Å². The van der Waals surface area contributed by atoms with Crippen LogP contribution >= 0.6 is 23.2 Å². The minimum Gasteiger partial charge on any atom is -0.383 e. The fraction of sp³-hybridized carbons (Fsp3) is 0.321. The Morgan fingerprint density at radius 1 is 1.15 bits per heavy atom. The van der Waals surface area contributed by atoms with E-state index in [1.165, 1.54) is 6.20 Å². The average molecular weight is 557 g/mol. The van der Waals surface area contributed by atoms with E-state index in [-0.39, 0.29) is 5.41 Å². The Bertz CT molecular complexity index is 1560. The maximum atomic E-state index is 9.81. The van der Waals surface area contributed by atoms with E-state index in [9.17, 15) is 10.5 Å². The summed E-state index contributed by atoms with van der Waals surface area (Å²) >= 11 is 13.4. The molecule has 1 saturated carbocycles. The Balaban J connectivity index is 1.62. The van der Waals surface area contributed by atoms with Crippen molar-refractivity contribution in [2.45, 2.75) is 44.6 Å². The first-order valence-corrected chi connectivity index (χ1v) is 13.3. The second-order valence-electron chi connectivity index (χ2n) is 11.1. The molecule has 1 aliphatic heterocycles. The van der Waals surface area contributed by atoms with Gasteiger partial charge in [0.05, 0.1) is 39.0 Å². The average Bonchev–Trinajstić information content (AvgIpc) is 3.53. The van der Waals surface area contributed by atoms with Crippen LogP contribution in [0, 0.1) is 28.1 Å². The van der Waals surface area contributed by atoms with Crippen molar-refractivity contribution in [1.82, 2.24) is 21.0 Å². The standard InChI is InChI=1S/C28H27BCl2N8/c1-26(2,3)16-35-24-17(12-32)13-34-25-19(24)10-18(11-22(25)31)36-28(29,20-6-4-5-7-21(20)30)23-14-39(38-37-23)27(15-33)8-9-27/h4-7,10-11,13-14,36-38H,8-9,16H2,1-3H3,(H,34,35). The second-order valence-corrected chi connectivity index (χ2v) is 11.9. The third kappa shape index (κ3) is 5.06. The Kier molecular flexibility index (Phi) is 6.80. The number of nitriles is 2. The van der Waals surface area contributed by atoms with Crippen LogP contribution in [0.25, 0.3) is 10.9 Å². The van der Waals surface area contributed by atoms with Gasteiger partial charge in [-0.25, -0.2) is 0 Å². The molecule has 1 fully saturated rings. The highest BCUT2D eigenvalue weighted by atomic mass is 35.5. The van der Waals surface area contributed by atoms with Crippen molar-refractivity contribution in [1.29, 1.82) is 10.5 Å². The molecule has 196 valence electrons. The highest BCUT2D eigenvalue weighted by molar-refractivity contribution is 6.36. The molecule has 0 bridgehead atoms. The van der Waals surface area contributed by atoms with Crippen molar-refractivity contribution in [3.05, 3.63) is 75.7 Å². The van der Waals surface area contributed by atoms with Crippen molar-refractivity contribution in [3.8, 4) is 12.1 Å². The molecular weight excluding hydrogens is 530 g/mol. The normalized spacial score (nSPS) is 17.4. The summed E-state index contributed by atoms with van der Waals surface area (Å²) in [4.78, 5) is 4.45. The Labute approximate surface area is 239 Å². The number of anilines is 2. The summed E-state index contributed by atoms with van der Waals surface area (Å²) in [5.41, 5.74) is 7.59. The number of halogens is 2. The third-order valence-electron chi connectivity index (χ3n) is 6.87. The molecule has 0 saturated heterocycles. The number of hydrogen-bond acceptors (Lipinski definition) is 8. The first-order valence-electron chi connectivity index (χ1n) is 12.5. The van der Waals surface area contributed by atoms with E-state index in [1.54, 1.807) is 23.3 Å². The van der Waals surface area contributed by atoms with Gasteiger partial charge in [-0.3, -0.25) is 9.99 Å². The van der Waals surface area contributed by atoms with Gasteiger partial charge in [0.15, 0.2) is 0 Å². The van der Waals surface area contributed by atoms with Gasteiger partial charge in [0.1, 0.15) is 19.5 Å². The number of hydrogen-bond donors (Lipinski definition) is 4. The molecule has 2 aliphatic rings. The number of fused-ring (bicyclic) bond motifs is 1. The summed E-state index contributed by atoms with van der Waals surface area (Å²) in [5, 5.41) is 29.6. The van der Waals surface area contributed by atoms with E-state index >= 15 is 0 Å². The maximum absolute atomic E-state index is 9.81. The lowest BCUT2D eigenvalue weighted by atomic mass is 9.69. The fourth-order valence-electron chi connectivity index (χ4n) is 4.52. The summed E-state index contributed by atoms with van der Waals surface area (Å²) in [6.07, 6.45) is 4.82. The summed E-state index contributed by atoms with van der Waals surface area (Å²) in [6, 6.07) is 15.5. The van der Waals surface area contributed by atoms with Gasteiger partial charge in [0.2, 0.25) is 0 Å². The number of benzene rings is 2. The Morgan fingerprint density at radius 2 is 1.90 bits per heavy atom. The largest absolute Gasteiger partial charge is 0.383 e. The predicted octanol–water partition coefficient (Wildman–Crippen LogP) is 5.53. The topological polar surface area (TPSA) is 112 Å². The molecule has 1 aromatic heterocycles. The van der Waals surface area contributed by atoms with E-state index in [0.717, 1.165) is 12.8 Å². The summed E-state index contributed by atoms with van der Waals surface area (Å²) in [6.45, 7) is 6.97. The SMILES string of the molecule is [B]C(Nc1cc(Cl)c2ncc(C#N)c(NCC(C)(C)C)c2c1)(C1=CN(C2(C#N)CC2)NN1)c1ccccc1Cl. The molecule has 1 atom stereocenters. The lowest BCUT2D eigenvalue weighted by Gasteiger charge is -2.35. The number of pyridine rings is 1. The van der Waals surface area contributed by atoms with E-state index < -0.39 is 11.0 Å². The molecule has 2 radical (unpaired) electrons. The quantitative estimate of drug-likeness (QED) is 0.281. The van der Waals surface area contributed by atoms with Crippen LogP contribution in [-0.2, 0) is 5.44 Å². The Morgan fingerprint density at radius 3 is 2.54 bits per heavy atom. The lowest BCUT2D eigenvalue weighted by molar-refractivity contribution is 0.216. The fourth-order valence-corrected chi connectivity index (χ4v) is 5.07. The smallest absolute Gasteiger partial charge is 0.143 e. The van der Waals surface area contributed by atoms with Crippen molar-refractivity contribution in [2.24, 2.45) is 5.41 Å². The zero-order chi connectivity index (χ0) is 28.0. The van der Waals surface area contributed by atoms with E-state index in [4.69, 9.17) is 31.0 Å². The lowest BCUT2D eigenvalue weighted by Crippen LogP contribution is -2.47. The monoisotopic (exact) mass is 556 g/mol. The second kappa shape index (κ2) is 9.84. The molecule has 5 rings (SSSR count). The first kappa shape index (κ1) is 27.0. The minimum absolute atomic E-state index is 0.0275. The number of hydrazine groups is 2. The predicted molar refractivity (Wildman–Crippen MR) is 156 cm³/mol. The number of aromatic nitrogens is 1. The third-order valence-corrected chi connectivity index (χ3v) is 7.49. The van der Waals surface area contributed by atoms with Crippen LogP contribution in [0.15, 0.2) is 54.5 Å². The molecule has 2 heterocycles. The molecule has 3 aromatic rings. The van der Waals surface area contributed by atoms with E-state index in [2.05, 4.69) is 59.5 Å². The summed E-state index contributed by atoms with van der Waals surface area (Å²) in [5.74, 6) is 0. The van der Waals surface area contributed by atoms with Crippen LogP contribution in [0.2, 0.25) is 10.0 Å². The molecule has 39 heavy (non-hydrogen) atoms. The van der Waals surface area contributed by atoms with Crippen molar-refractivity contribution < 1.29 is 0 Å². The van der Waals surface area contributed by atoms with Gasteiger partial charge in [-0.05, 0) is 42.0 Å². The van der Waals surface area contributed by atoms with Gasteiger partial charge in [0.25, 0.3) is 0 Å². The number of nitrogens with one attached hydrogen (secondary N) is 4. The number of rotatable bonds is 7. The van der Waals surface area contributed by atoms with Crippen molar-refractivity contribution in [2.75, 3.05) is 17.2 Å². The molecule has 8 nitrogen and oxygen atoms in total. The van der Waals surface area contributed by atoms with Crippen molar-refractivity contribution in [3.63, 3.8) is 0 Å². The molecule has 1 aliphatic carbocycles. The van der Waals surface area contributed by atoms with Gasteiger partial charge < -0.3 is 16.1 Å². The molecule has 11 heteroatoms. The van der Waals surface area contributed by atoms with Gasteiger partial charge in [-0.15, -0.1) is 5.53 Å². The van der Waals surface area contributed by atoms with Gasteiger partial charge >= 0.3 is 0 Å². The molecule has 4 N–H and O–H groups in total. The molecule has 1 unspecified atom stereocenters. The highest BCUT2D eigenvalue weighted by Crippen LogP contribution is 2.44. The van der Waals surface area contributed by atoms with Crippen molar-refractivity contribution >= 4 is 53.3 Å². The molecular formula is C28H27BCl2N8. The summed E-state index contributed by atoms with van der Waals surface area (Å²) < 4.78 is 0.